The summed E-state index contributed by atoms with van der Waals surface area (Å²) in [5, 5.41) is 9.93. The lowest BCUT2D eigenvalue weighted by Crippen LogP contribution is -2.65. The Bertz CT molecular complexity index is 659. The number of rotatable bonds is 2. The van der Waals surface area contributed by atoms with Crippen molar-refractivity contribution >= 4 is 5.91 Å². The number of pyridine rings is 1. The highest BCUT2D eigenvalue weighted by atomic mass is 16.3. The van der Waals surface area contributed by atoms with Gasteiger partial charge < -0.3 is 15.0 Å². The third-order valence-electron chi connectivity index (χ3n) is 6.09. The molecule has 24 heavy (non-hydrogen) atoms. The van der Waals surface area contributed by atoms with Crippen molar-refractivity contribution in [2.75, 3.05) is 26.2 Å². The van der Waals surface area contributed by atoms with E-state index in [0.29, 0.717) is 30.1 Å². The predicted molar refractivity (Wildman–Crippen MR) is 89.8 cm³/mol. The lowest BCUT2D eigenvalue weighted by molar-refractivity contribution is -0.0795. The molecule has 3 fully saturated rings. The Hall–Kier alpha value is -1.66. The third kappa shape index (κ3) is 2.67. The number of H-pyrrole nitrogens is 1. The van der Waals surface area contributed by atoms with Gasteiger partial charge in [0.2, 0.25) is 5.56 Å². The minimum Gasteiger partial charge on any atom is -0.395 e. The maximum atomic E-state index is 12.8. The van der Waals surface area contributed by atoms with Crippen molar-refractivity contribution < 1.29 is 9.90 Å². The lowest BCUT2D eigenvalue weighted by atomic mass is 9.72. The molecule has 1 aromatic heterocycles. The molecule has 4 atom stereocenters. The van der Waals surface area contributed by atoms with E-state index in [1.165, 1.54) is 18.9 Å². The number of nitrogens with one attached hydrogen (secondary N) is 1. The molecule has 3 aliphatic rings. The van der Waals surface area contributed by atoms with Gasteiger partial charge in [-0.05, 0) is 43.7 Å². The van der Waals surface area contributed by atoms with Gasteiger partial charge in [0.05, 0.1) is 6.61 Å². The number of hydrogen-bond acceptors (Lipinski definition) is 4. The molecule has 2 N–H and O–H groups in total. The molecule has 2 bridgehead atoms. The van der Waals surface area contributed by atoms with Crippen LogP contribution in [0.25, 0.3) is 0 Å². The van der Waals surface area contributed by atoms with Gasteiger partial charge in [0, 0.05) is 31.2 Å². The number of likely N-dealkylation sites (tertiary alicyclic amines) is 1. The van der Waals surface area contributed by atoms with E-state index in [9.17, 15) is 14.7 Å². The maximum absolute atomic E-state index is 12.8. The van der Waals surface area contributed by atoms with Crippen LogP contribution >= 0.6 is 0 Å². The number of fused-ring (bicyclic) bond motifs is 4. The second kappa shape index (κ2) is 6.33. The Kier molecular flexibility index (Phi) is 4.18. The van der Waals surface area contributed by atoms with E-state index in [2.05, 4.69) is 9.88 Å². The van der Waals surface area contributed by atoms with Crippen LogP contribution in [0.5, 0.6) is 0 Å². The number of hydrogen-bond donors (Lipinski definition) is 2. The van der Waals surface area contributed by atoms with Gasteiger partial charge in [0.15, 0.2) is 0 Å². The molecule has 4 heterocycles. The molecule has 0 saturated carbocycles. The minimum atomic E-state index is -0.246. The van der Waals surface area contributed by atoms with Crippen LogP contribution in [-0.2, 0) is 0 Å². The van der Waals surface area contributed by atoms with Gasteiger partial charge in [0.25, 0.3) is 5.91 Å². The van der Waals surface area contributed by atoms with E-state index < -0.39 is 0 Å². The number of aromatic amines is 1. The van der Waals surface area contributed by atoms with Crippen LogP contribution in [0.4, 0.5) is 0 Å². The predicted octanol–water partition coefficient (Wildman–Crippen LogP) is 0.682. The van der Waals surface area contributed by atoms with Crippen molar-refractivity contribution in [2.24, 2.45) is 11.8 Å². The number of piperidine rings is 3. The molecular weight excluding hydrogens is 306 g/mol. The summed E-state index contributed by atoms with van der Waals surface area (Å²) in [5.74, 6) is 0.706. The fraction of sp³-hybridized carbons (Fsp3) is 0.667. The summed E-state index contributed by atoms with van der Waals surface area (Å²) in [5.41, 5.74) is 0.119. The monoisotopic (exact) mass is 331 g/mol. The summed E-state index contributed by atoms with van der Waals surface area (Å²) in [6.07, 6.45) is 4.71. The van der Waals surface area contributed by atoms with E-state index in [0.717, 1.165) is 25.9 Å². The van der Waals surface area contributed by atoms with Gasteiger partial charge in [-0.3, -0.25) is 14.5 Å². The smallest absolute Gasteiger partial charge is 0.270 e. The molecule has 1 amide bonds. The Balaban J connectivity index is 1.58. The van der Waals surface area contributed by atoms with Crippen LogP contribution in [0.2, 0.25) is 0 Å². The van der Waals surface area contributed by atoms with Gasteiger partial charge >= 0.3 is 0 Å². The zero-order valence-electron chi connectivity index (χ0n) is 13.9. The van der Waals surface area contributed by atoms with E-state index in [4.69, 9.17) is 0 Å². The van der Waals surface area contributed by atoms with Crippen LogP contribution in [0, 0.1) is 11.8 Å². The van der Waals surface area contributed by atoms with Gasteiger partial charge in [-0.2, -0.15) is 0 Å². The van der Waals surface area contributed by atoms with Crippen molar-refractivity contribution in [3.63, 3.8) is 0 Å². The number of nitrogens with zero attached hydrogens (tertiary/aromatic N) is 2. The van der Waals surface area contributed by atoms with E-state index in [-0.39, 0.29) is 24.1 Å². The number of aliphatic hydroxyl groups excluding tert-OH is 1. The largest absolute Gasteiger partial charge is 0.395 e. The number of aliphatic hydroxyl groups is 1. The van der Waals surface area contributed by atoms with E-state index in [1.54, 1.807) is 12.1 Å². The molecule has 3 aliphatic heterocycles. The van der Waals surface area contributed by atoms with E-state index in [1.807, 2.05) is 4.90 Å². The standard InChI is InChI=1S/C18H25N3O3/c22-11-16-13-8-12(15-5-1-2-7-21(15)16)9-20(10-13)18(24)14-4-3-6-17(23)19-14/h3-4,6,12-13,15-16,22H,1-2,5,7-11H2,(H,19,23)/t12-,13+,15+,16+/m1/s1. The zero-order valence-corrected chi connectivity index (χ0v) is 13.9. The summed E-state index contributed by atoms with van der Waals surface area (Å²) in [7, 11) is 0. The number of amides is 1. The molecule has 6 nitrogen and oxygen atoms in total. The van der Waals surface area contributed by atoms with Gasteiger partial charge in [-0.1, -0.05) is 12.5 Å². The molecule has 4 rings (SSSR count). The Morgan fingerprint density at radius 2 is 2.08 bits per heavy atom. The first-order chi connectivity index (χ1) is 11.7. The Morgan fingerprint density at radius 3 is 2.88 bits per heavy atom. The van der Waals surface area contributed by atoms with Crippen LogP contribution in [0.1, 0.15) is 36.2 Å². The van der Waals surface area contributed by atoms with E-state index >= 15 is 0 Å². The van der Waals surface area contributed by atoms with Gasteiger partial charge in [-0.15, -0.1) is 0 Å². The maximum Gasteiger partial charge on any atom is 0.270 e. The number of carbonyl (C=O) groups is 1. The molecule has 1 aromatic rings. The third-order valence-corrected chi connectivity index (χ3v) is 6.09. The first-order valence-electron chi connectivity index (χ1n) is 9.02. The molecular formula is C18H25N3O3. The molecule has 0 aromatic carbocycles. The quantitative estimate of drug-likeness (QED) is 0.836. The van der Waals surface area contributed by atoms with Crippen LogP contribution in [0.3, 0.4) is 0 Å². The minimum absolute atomic E-state index is 0.0941. The molecule has 0 spiro atoms. The van der Waals surface area contributed by atoms with Crippen LogP contribution < -0.4 is 5.56 Å². The van der Waals surface area contributed by atoms with Crippen molar-refractivity contribution in [3.8, 4) is 0 Å². The zero-order chi connectivity index (χ0) is 16.7. The second-order valence-electron chi connectivity index (χ2n) is 7.45. The molecule has 0 unspecified atom stereocenters. The van der Waals surface area contributed by atoms with Crippen molar-refractivity contribution in [2.45, 2.75) is 37.8 Å². The summed E-state index contributed by atoms with van der Waals surface area (Å²) in [4.78, 5) is 31.4. The number of carbonyl (C=O) groups excluding carboxylic acids is 1. The van der Waals surface area contributed by atoms with Crippen molar-refractivity contribution in [1.82, 2.24) is 14.8 Å². The number of aromatic nitrogens is 1. The molecule has 130 valence electrons. The highest BCUT2D eigenvalue weighted by molar-refractivity contribution is 5.92. The summed E-state index contributed by atoms with van der Waals surface area (Å²) in [6, 6.07) is 5.36. The fourth-order valence-corrected chi connectivity index (χ4v) is 5.07. The normalized spacial score (nSPS) is 33.1. The molecule has 6 heteroatoms. The first-order valence-corrected chi connectivity index (χ1v) is 9.02. The van der Waals surface area contributed by atoms with Gasteiger partial charge in [0.1, 0.15) is 5.69 Å². The highest BCUT2D eigenvalue weighted by Crippen LogP contribution is 2.41. The van der Waals surface area contributed by atoms with Crippen LogP contribution in [0.15, 0.2) is 23.0 Å². The summed E-state index contributed by atoms with van der Waals surface area (Å²) >= 11 is 0. The Labute approximate surface area is 141 Å². The lowest BCUT2D eigenvalue weighted by Gasteiger charge is -2.56. The SMILES string of the molecule is O=C(c1cccc(=O)[nH]1)N1C[C@H]2C[C@@H](C1)[C@H](CO)N1CCCC[C@@H]21. The summed E-state index contributed by atoms with van der Waals surface area (Å²) in [6.45, 7) is 2.66. The molecule has 0 aliphatic carbocycles. The average molecular weight is 331 g/mol. The fourth-order valence-electron chi connectivity index (χ4n) is 5.07. The second-order valence-corrected chi connectivity index (χ2v) is 7.45. The van der Waals surface area contributed by atoms with Crippen molar-refractivity contribution in [1.29, 1.82) is 0 Å². The molecule has 3 saturated heterocycles. The topological polar surface area (TPSA) is 76.6 Å². The van der Waals surface area contributed by atoms with Gasteiger partial charge in [-0.25, -0.2) is 0 Å². The summed E-state index contributed by atoms with van der Waals surface area (Å²) < 4.78 is 0. The van der Waals surface area contributed by atoms with Crippen LogP contribution in [-0.4, -0.2) is 64.1 Å². The van der Waals surface area contributed by atoms with Crippen molar-refractivity contribution in [3.05, 3.63) is 34.2 Å². The first kappa shape index (κ1) is 15.8. The molecule has 0 radical (unpaired) electrons. The Morgan fingerprint density at radius 1 is 1.25 bits per heavy atom. The average Bonchev–Trinajstić information content (AvgIpc) is 2.61. The highest BCUT2D eigenvalue weighted by Gasteiger charge is 2.47.